The van der Waals surface area contributed by atoms with E-state index in [1.165, 1.54) is 5.56 Å². The molecular weight excluding hydrogens is 210 g/mol. The number of nitrogens with zero attached hydrogens (tertiary/aromatic N) is 1. The van der Waals surface area contributed by atoms with Gasteiger partial charge in [-0.05, 0) is 45.0 Å². The van der Waals surface area contributed by atoms with E-state index in [0.717, 1.165) is 30.3 Å². The Morgan fingerprint density at radius 1 is 1.53 bits per heavy atom. The molecule has 0 spiro atoms. The van der Waals surface area contributed by atoms with Gasteiger partial charge in [-0.25, -0.2) is 4.99 Å². The fraction of sp³-hybridized carbons (Fsp3) is 0.500. The van der Waals surface area contributed by atoms with Crippen molar-refractivity contribution >= 4 is 18.6 Å². The fourth-order valence-corrected chi connectivity index (χ4v) is 1.36. The molecule has 3 nitrogen and oxygen atoms in total. The third-order valence-corrected chi connectivity index (χ3v) is 2.34. The van der Waals surface area contributed by atoms with E-state index in [-0.39, 0.29) is 0 Å². The molecular formula is C14H25N3. The molecule has 0 bridgehead atoms. The summed E-state index contributed by atoms with van der Waals surface area (Å²) >= 11 is 0. The Labute approximate surface area is 105 Å². The van der Waals surface area contributed by atoms with Crippen molar-refractivity contribution in [1.29, 1.82) is 0 Å². The lowest BCUT2D eigenvalue weighted by molar-refractivity contribution is 0.596. The van der Waals surface area contributed by atoms with Crippen LogP contribution in [-0.4, -0.2) is 18.2 Å². The van der Waals surface area contributed by atoms with Gasteiger partial charge in [0.2, 0.25) is 0 Å². The molecule has 1 rings (SSSR count). The van der Waals surface area contributed by atoms with Gasteiger partial charge in [0.25, 0.3) is 0 Å². The summed E-state index contributed by atoms with van der Waals surface area (Å²) in [5.41, 5.74) is 7.56. The van der Waals surface area contributed by atoms with Gasteiger partial charge in [0, 0.05) is 11.8 Å². The van der Waals surface area contributed by atoms with E-state index in [2.05, 4.69) is 30.5 Å². The van der Waals surface area contributed by atoms with Crippen LogP contribution in [0.1, 0.15) is 38.3 Å². The van der Waals surface area contributed by atoms with Crippen LogP contribution in [0.3, 0.4) is 0 Å². The Bertz CT molecular complexity index is 348. The lowest BCUT2D eigenvalue weighted by Gasteiger charge is -1.96. The van der Waals surface area contributed by atoms with Crippen LogP contribution >= 0.6 is 0 Å². The zero-order valence-electron chi connectivity index (χ0n) is 11.5. The van der Waals surface area contributed by atoms with E-state index in [4.69, 9.17) is 5.73 Å². The highest BCUT2D eigenvalue weighted by molar-refractivity contribution is 5.66. The number of aromatic nitrogens is 1. The van der Waals surface area contributed by atoms with Gasteiger partial charge in [-0.15, -0.1) is 0 Å². The first-order chi connectivity index (χ1) is 8.06. The molecule has 0 aromatic carbocycles. The van der Waals surface area contributed by atoms with E-state index in [1.807, 2.05) is 32.2 Å². The lowest BCUT2D eigenvalue weighted by atomic mass is 10.1. The molecule has 0 atom stereocenters. The number of rotatable bonds is 4. The van der Waals surface area contributed by atoms with Crippen LogP contribution < -0.4 is 5.73 Å². The number of nitrogens with two attached hydrogens (primary N) is 1. The van der Waals surface area contributed by atoms with Gasteiger partial charge in [0.15, 0.2) is 0 Å². The number of H-pyrrole nitrogens is 1. The number of allylic oxidation sites excluding steroid dienone is 1. The molecule has 0 fully saturated rings. The van der Waals surface area contributed by atoms with Crippen molar-refractivity contribution in [3.63, 3.8) is 0 Å². The maximum atomic E-state index is 5.23. The Balaban J connectivity index is 0.000000366. The second-order valence-corrected chi connectivity index (χ2v) is 4.36. The SMILES string of the molecule is C=Nc1[nH]cc(C)c1/C=C\C.CC(C)CCN. The molecule has 0 radical (unpaired) electrons. The largest absolute Gasteiger partial charge is 0.346 e. The highest BCUT2D eigenvalue weighted by atomic mass is 14.9. The number of aliphatic imine (C=N–C) groups is 1. The second kappa shape index (κ2) is 8.76. The molecule has 0 aliphatic heterocycles. The van der Waals surface area contributed by atoms with Crippen LogP contribution in [0, 0.1) is 12.8 Å². The Morgan fingerprint density at radius 3 is 2.53 bits per heavy atom. The van der Waals surface area contributed by atoms with Crippen LogP contribution in [0.4, 0.5) is 5.82 Å². The Kier molecular flexibility index (Phi) is 8.07. The summed E-state index contributed by atoms with van der Waals surface area (Å²) in [4.78, 5) is 6.88. The van der Waals surface area contributed by atoms with E-state index in [9.17, 15) is 0 Å². The van der Waals surface area contributed by atoms with Gasteiger partial charge < -0.3 is 10.7 Å². The highest BCUT2D eigenvalue weighted by Crippen LogP contribution is 2.21. The average molecular weight is 235 g/mol. The third-order valence-electron chi connectivity index (χ3n) is 2.34. The van der Waals surface area contributed by atoms with Gasteiger partial charge >= 0.3 is 0 Å². The van der Waals surface area contributed by atoms with Crippen molar-refractivity contribution in [2.75, 3.05) is 6.54 Å². The van der Waals surface area contributed by atoms with Crippen LogP contribution in [0.5, 0.6) is 0 Å². The molecule has 17 heavy (non-hydrogen) atoms. The number of hydrogen-bond donors (Lipinski definition) is 2. The van der Waals surface area contributed by atoms with Crippen molar-refractivity contribution in [1.82, 2.24) is 4.98 Å². The first kappa shape index (κ1) is 15.7. The van der Waals surface area contributed by atoms with E-state index in [0.29, 0.717) is 0 Å². The maximum Gasteiger partial charge on any atom is 0.136 e. The highest BCUT2D eigenvalue weighted by Gasteiger charge is 2.01. The summed E-state index contributed by atoms with van der Waals surface area (Å²) in [5, 5.41) is 0. The minimum atomic E-state index is 0.773. The predicted octanol–water partition coefficient (Wildman–Crippen LogP) is 3.68. The smallest absolute Gasteiger partial charge is 0.136 e. The van der Waals surface area contributed by atoms with Gasteiger partial charge in [-0.2, -0.15) is 0 Å². The van der Waals surface area contributed by atoms with E-state index >= 15 is 0 Å². The molecule has 1 aromatic heterocycles. The zero-order valence-corrected chi connectivity index (χ0v) is 11.5. The molecule has 96 valence electrons. The molecule has 3 heteroatoms. The monoisotopic (exact) mass is 235 g/mol. The normalized spacial score (nSPS) is 10.5. The zero-order chi connectivity index (χ0) is 13.3. The number of aromatic amines is 1. The standard InChI is InChI=1S/C9H12N2.C5H13N/c1-4-5-8-7(2)6-11-9(8)10-3;1-5(2)3-4-6/h4-6,11H,3H2,1-2H3;5H,3-4,6H2,1-2H3/b5-4-;. The third kappa shape index (κ3) is 6.07. The molecule has 0 aliphatic rings. The summed E-state index contributed by atoms with van der Waals surface area (Å²) in [6.45, 7) is 12.7. The number of aryl methyl sites for hydroxylation is 1. The maximum absolute atomic E-state index is 5.23. The minimum absolute atomic E-state index is 0.773. The summed E-state index contributed by atoms with van der Waals surface area (Å²) in [5.74, 6) is 1.62. The van der Waals surface area contributed by atoms with Gasteiger partial charge in [0.05, 0.1) is 0 Å². The lowest BCUT2D eigenvalue weighted by Crippen LogP contribution is -2.01. The average Bonchev–Trinajstić information content (AvgIpc) is 2.61. The van der Waals surface area contributed by atoms with Gasteiger partial charge in [-0.3, -0.25) is 0 Å². The first-order valence-corrected chi connectivity index (χ1v) is 6.04. The summed E-state index contributed by atoms with van der Waals surface area (Å²) in [6.07, 6.45) is 7.10. The molecule has 0 unspecified atom stereocenters. The molecule has 0 aliphatic carbocycles. The van der Waals surface area contributed by atoms with Crippen LogP contribution in [0.25, 0.3) is 6.08 Å². The van der Waals surface area contributed by atoms with Crippen molar-refractivity contribution in [2.45, 2.75) is 34.1 Å². The summed E-state index contributed by atoms with van der Waals surface area (Å²) in [6, 6.07) is 0. The Hall–Kier alpha value is -1.35. The Morgan fingerprint density at radius 2 is 2.18 bits per heavy atom. The molecule has 0 amide bonds. The second-order valence-electron chi connectivity index (χ2n) is 4.36. The molecule has 3 N–H and O–H groups in total. The van der Waals surface area contributed by atoms with Gasteiger partial charge in [-0.1, -0.05) is 26.0 Å². The van der Waals surface area contributed by atoms with Crippen molar-refractivity contribution in [3.8, 4) is 0 Å². The molecule has 0 saturated carbocycles. The van der Waals surface area contributed by atoms with Crippen molar-refractivity contribution < 1.29 is 0 Å². The van der Waals surface area contributed by atoms with Crippen molar-refractivity contribution in [2.24, 2.45) is 16.6 Å². The quantitative estimate of drug-likeness (QED) is 0.768. The van der Waals surface area contributed by atoms with E-state index < -0.39 is 0 Å². The number of nitrogens with one attached hydrogen (secondary N) is 1. The van der Waals surface area contributed by atoms with Crippen molar-refractivity contribution in [3.05, 3.63) is 23.4 Å². The van der Waals surface area contributed by atoms with Gasteiger partial charge in [0.1, 0.15) is 5.82 Å². The van der Waals surface area contributed by atoms with E-state index in [1.54, 1.807) is 0 Å². The first-order valence-electron chi connectivity index (χ1n) is 6.04. The fourth-order valence-electron chi connectivity index (χ4n) is 1.36. The molecule has 1 aromatic rings. The van der Waals surface area contributed by atoms with Crippen LogP contribution in [-0.2, 0) is 0 Å². The molecule has 1 heterocycles. The molecule has 0 saturated heterocycles. The predicted molar refractivity (Wildman–Crippen MR) is 78.0 cm³/mol. The summed E-state index contributed by atoms with van der Waals surface area (Å²) < 4.78 is 0. The summed E-state index contributed by atoms with van der Waals surface area (Å²) in [7, 11) is 0. The minimum Gasteiger partial charge on any atom is -0.346 e. The van der Waals surface area contributed by atoms with Crippen LogP contribution in [0.2, 0.25) is 0 Å². The topological polar surface area (TPSA) is 54.2 Å². The van der Waals surface area contributed by atoms with Crippen LogP contribution in [0.15, 0.2) is 17.3 Å². The number of hydrogen-bond acceptors (Lipinski definition) is 2.